The van der Waals surface area contributed by atoms with Gasteiger partial charge in [0.05, 0.1) is 11.3 Å². The largest absolute Gasteiger partial charge is 0.478 e. The minimum absolute atomic E-state index is 0.278. The van der Waals surface area contributed by atoms with Crippen LogP contribution in [0.15, 0.2) is 23.2 Å². The van der Waals surface area contributed by atoms with Crippen molar-refractivity contribution in [3.63, 3.8) is 0 Å². The molecule has 0 atom stereocenters. The van der Waals surface area contributed by atoms with E-state index in [1.165, 1.54) is 6.07 Å². The molecule has 1 aromatic carbocycles. The molecule has 0 aliphatic heterocycles. The fraction of sp³-hybridized carbons (Fsp3) is 0.111. The first-order valence-corrected chi connectivity index (χ1v) is 3.46. The zero-order valence-corrected chi connectivity index (χ0v) is 6.74. The second kappa shape index (κ2) is 3.17. The number of carboxylic acids is 1. The van der Waals surface area contributed by atoms with Gasteiger partial charge in [0, 0.05) is 0 Å². The number of rotatable bonds is 2. The van der Waals surface area contributed by atoms with E-state index in [-0.39, 0.29) is 5.56 Å². The molecule has 0 fully saturated rings. The number of aliphatic imine (C=N–C) groups is 1. The van der Waals surface area contributed by atoms with Gasteiger partial charge in [-0.15, -0.1) is 0 Å². The van der Waals surface area contributed by atoms with E-state index in [0.29, 0.717) is 5.69 Å². The van der Waals surface area contributed by atoms with Crippen molar-refractivity contribution >= 4 is 18.4 Å². The van der Waals surface area contributed by atoms with E-state index in [4.69, 9.17) is 5.11 Å². The Morgan fingerprint density at radius 3 is 2.75 bits per heavy atom. The number of aromatic carboxylic acids is 1. The maximum Gasteiger partial charge on any atom is 0.336 e. The Hall–Kier alpha value is -1.64. The predicted molar refractivity (Wildman–Crippen MR) is 47.3 cm³/mol. The van der Waals surface area contributed by atoms with E-state index in [1.807, 2.05) is 0 Å². The fourth-order valence-corrected chi connectivity index (χ4v) is 0.939. The van der Waals surface area contributed by atoms with Crippen molar-refractivity contribution in [1.29, 1.82) is 0 Å². The molecule has 0 aliphatic carbocycles. The van der Waals surface area contributed by atoms with E-state index < -0.39 is 5.97 Å². The average molecular weight is 163 g/mol. The first-order valence-electron chi connectivity index (χ1n) is 3.46. The number of carbonyl (C=O) groups is 1. The lowest BCUT2D eigenvalue weighted by Crippen LogP contribution is -1.98. The Balaban J connectivity index is 3.25. The molecule has 3 nitrogen and oxygen atoms in total. The molecule has 0 radical (unpaired) electrons. The number of hydrogen-bond acceptors (Lipinski definition) is 2. The lowest BCUT2D eigenvalue weighted by molar-refractivity contribution is 0.0696. The first kappa shape index (κ1) is 8.46. The molecule has 1 aromatic rings. The Morgan fingerprint density at radius 2 is 2.25 bits per heavy atom. The van der Waals surface area contributed by atoms with Crippen LogP contribution >= 0.6 is 0 Å². The highest BCUT2D eigenvalue weighted by atomic mass is 16.4. The number of carboxylic acid groups (broad SMARTS) is 1. The molecule has 0 saturated carbocycles. The van der Waals surface area contributed by atoms with Crippen LogP contribution in [0.1, 0.15) is 15.9 Å². The van der Waals surface area contributed by atoms with Crippen LogP contribution in [0.4, 0.5) is 5.69 Å². The average Bonchev–Trinajstić information content (AvgIpc) is 2.05. The molecule has 62 valence electrons. The van der Waals surface area contributed by atoms with Crippen molar-refractivity contribution in [2.24, 2.45) is 4.99 Å². The molecule has 0 unspecified atom stereocenters. The van der Waals surface area contributed by atoms with E-state index >= 15 is 0 Å². The van der Waals surface area contributed by atoms with Gasteiger partial charge in [-0.3, -0.25) is 4.99 Å². The van der Waals surface area contributed by atoms with Crippen LogP contribution in [-0.4, -0.2) is 17.8 Å². The molecule has 1 N–H and O–H groups in total. The standard InChI is InChI=1S/C9H9NO2/c1-6-3-4-7(10-2)5-8(6)9(11)12/h3-5H,2H2,1H3,(H,11,12). The molecule has 0 spiro atoms. The van der Waals surface area contributed by atoms with Gasteiger partial charge in [-0.1, -0.05) is 6.07 Å². The Kier molecular flexibility index (Phi) is 2.24. The van der Waals surface area contributed by atoms with E-state index in [1.54, 1.807) is 19.1 Å². The van der Waals surface area contributed by atoms with Crippen LogP contribution < -0.4 is 0 Å². The molecule has 3 heteroatoms. The zero-order valence-electron chi connectivity index (χ0n) is 6.74. The smallest absolute Gasteiger partial charge is 0.336 e. The fourth-order valence-electron chi connectivity index (χ4n) is 0.939. The van der Waals surface area contributed by atoms with Gasteiger partial charge in [0.1, 0.15) is 0 Å². The molecular formula is C9H9NO2. The molecule has 0 heterocycles. The van der Waals surface area contributed by atoms with Gasteiger partial charge in [-0.05, 0) is 31.3 Å². The number of aryl methyl sites for hydroxylation is 1. The topological polar surface area (TPSA) is 49.7 Å². The third kappa shape index (κ3) is 1.50. The molecule has 0 aliphatic rings. The number of hydrogen-bond donors (Lipinski definition) is 1. The van der Waals surface area contributed by atoms with Gasteiger partial charge in [0.15, 0.2) is 0 Å². The summed E-state index contributed by atoms with van der Waals surface area (Å²) in [5, 5.41) is 8.72. The van der Waals surface area contributed by atoms with Gasteiger partial charge in [-0.2, -0.15) is 0 Å². The summed E-state index contributed by atoms with van der Waals surface area (Å²) < 4.78 is 0. The van der Waals surface area contributed by atoms with Gasteiger partial charge in [0.25, 0.3) is 0 Å². The summed E-state index contributed by atoms with van der Waals surface area (Å²) in [7, 11) is 0. The Bertz CT molecular complexity index is 331. The molecule has 0 amide bonds. The summed E-state index contributed by atoms with van der Waals surface area (Å²) in [4.78, 5) is 14.3. The van der Waals surface area contributed by atoms with Crippen LogP contribution in [0.2, 0.25) is 0 Å². The number of benzene rings is 1. The summed E-state index contributed by atoms with van der Waals surface area (Å²) >= 11 is 0. The molecule has 12 heavy (non-hydrogen) atoms. The molecule has 0 bridgehead atoms. The van der Waals surface area contributed by atoms with E-state index in [2.05, 4.69) is 11.7 Å². The highest BCUT2D eigenvalue weighted by Gasteiger charge is 2.06. The maximum absolute atomic E-state index is 10.6. The van der Waals surface area contributed by atoms with Crippen LogP contribution in [0.3, 0.4) is 0 Å². The lowest BCUT2D eigenvalue weighted by atomic mass is 10.1. The van der Waals surface area contributed by atoms with Crippen LogP contribution in [0, 0.1) is 6.92 Å². The SMILES string of the molecule is C=Nc1ccc(C)c(C(=O)O)c1. The summed E-state index contributed by atoms with van der Waals surface area (Å²) in [6.45, 7) is 5.06. The van der Waals surface area contributed by atoms with Crippen LogP contribution in [0.5, 0.6) is 0 Å². The molecule has 0 aromatic heterocycles. The first-order chi connectivity index (χ1) is 5.65. The van der Waals surface area contributed by atoms with Crippen LogP contribution in [-0.2, 0) is 0 Å². The highest BCUT2D eigenvalue weighted by molar-refractivity contribution is 5.90. The van der Waals surface area contributed by atoms with Crippen molar-refractivity contribution in [2.45, 2.75) is 6.92 Å². The summed E-state index contributed by atoms with van der Waals surface area (Å²) in [6.07, 6.45) is 0. The van der Waals surface area contributed by atoms with Crippen LogP contribution in [0.25, 0.3) is 0 Å². The van der Waals surface area contributed by atoms with Gasteiger partial charge in [0.2, 0.25) is 0 Å². The maximum atomic E-state index is 10.6. The minimum atomic E-state index is -0.932. The van der Waals surface area contributed by atoms with Crippen molar-refractivity contribution in [2.75, 3.05) is 0 Å². The molecular weight excluding hydrogens is 154 g/mol. The quantitative estimate of drug-likeness (QED) is 0.678. The normalized spacial score (nSPS) is 9.42. The second-order valence-electron chi connectivity index (χ2n) is 2.46. The van der Waals surface area contributed by atoms with Gasteiger partial charge >= 0.3 is 5.97 Å². The van der Waals surface area contributed by atoms with Crippen molar-refractivity contribution in [3.8, 4) is 0 Å². The summed E-state index contributed by atoms with van der Waals surface area (Å²) in [5.74, 6) is -0.932. The van der Waals surface area contributed by atoms with Gasteiger partial charge in [-0.25, -0.2) is 4.79 Å². The third-order valence-corrected chi connectivity index (χ3v) is 1.63. The molecule has 1 rings (SSSR count). The van der Waals surface area contributed by atoms with Crippen molar-refractivity contribution < 1.29 is 9.90 Å². The van der Waals surface area contributed by atoms with Crippen molar-refractivity contribution in [3.05, 3.63) is 29.3 Å². The highest BCUT2D eigenvalue weighted by Crippen LogP contribution is 2.16. The zero-order chi connectivity index (χ0) is 9.14. The van der Waals surface area contributed by atoms with Gasteiger partial charge < -0.3 is 5.11 Å². The monoisotopic (exact) mass is 163 g/mol. The Morgan fingerprint density at radius 1 is 1.58 bits per heavy atom. The van der Waals surface area contributed by atoms with Crippen molar-refractivity contribution in [1.82, 2.24) is 0 Å². The molecule has 0 saturated heterocycles. The van der Waals surface area contributed by atoms with E-state index in [0.717, 1.165) is 5.56 Å². The predicted octanol–water partition coefficient (Wildman–Crippen LogP) is 2.03. The summed E-state index contributed by atoms with van der Waals surface area (Å²) in [6, 6.07) is 4.95. The lowest BCUT2D eigenvalue weighted by Gasteiger charge is -2.00. The summed E-state index contributed by atoms with van der Waals surface area (Å²) in [5.41, 5.74) is 1.59. The number of nitrogens with zero attached hydrogens (tertiary/aromatic N) is 1. The van der Waals surface area contributed by atoms with E-state index in [9.17, 15) is 4.79 Å². The second-order valence-corrected chi connectivity index (χ2v) is 2.46. The Labute approximate surface area is 70.4 Å². The minimum Gasteiger partial charge on any atom is -0.478 e. The third-order valence-electron chi connectivity index (χ3n) is 1.63.